The van der Waals surface area contributed by atoms with Crippen LogP contribution < -0.4 is 4.74 Å². The Labute approximate surface area is 197 Å². The zero-order valence-electron chi connectivity index (χ0n) is 19.2. The number of methoxy groups -OCH3 is 1. The van der Waals surface area contributed by atoms with E-state index in [1.54, 1.807) is 13.2 Å². The van der Waals surface area contributed by atoms with Crippen LogP contribution in [0.25, 0.3) is 28.1 Å². The Balaban J connectivity index is 1.95. The molecule has 6 heteroatoms. The summed E-state index contributed by atoms with van der Waals surface area (Å²) in [5.41, 5.74) is 7.40. The highest BCUT2D eigenvalue weighted by molar-refractivity contribution is 6.01. The van der Waals surface area contributed by atoms with Crippen LogP contribution in [-0.2, 0) is 4.79 Å². The summed E-state index contributed by atoms with van der Waals surface area (Å²) in [6.07, 6.45) is 3.41. The summed E-state index contributed by atoms with van der Waals surface area (Å²) < 4.78 is 19.7. The Morgan fingerprint density at radius 3 is 2.47 bits per heavy atom. The van der Waals surface area contributed by atoms with Gasteiger partial charge in [-0.2, -0.15) is 9.49 Å². The zero-order chi connectivity index (χ0) is 24.2. The molecular weight excluding hydrogens is 431 g/mol. The first-order valence-corrected chi connectivity index (χ1v) is 10.9. The van der Waals surface area contributed by atoms with E-state index in [4.69, 9.17) is 9.84 Å². The van der Waals surface area contributed by atoms with Gasteiger partial charge in [0.1, 0.15) is 5.75 Å². The molecule has 34 heavy (non-hydrogen) atoms. The number of aliphatic carboxylic acids is 1. The molecule has 0 amide bonds. The number of ether oxygens (including phenoxy) is 1. The quantitative estimate of drug-likeness (QED) is 0.246. The molecule has 0 atom stereocenters. The number of rotatable bonds is 7. The molecule has 0 aliphatic heterocycles. The Morgan fingerprint density at radius 1 is 1.09 bits per heavy atom. The van der Waals surface area contributed by atoms with Gasteiger partial charge in [-0.05, 0) is 82.6 Å². The van der Waals surface area contributed by atoms with Crippen molar-refractivity contribution in [3.05, 3.63) is 101 Å². The molecule has 4 rings (SSSR count). The average Bonchev–Trinajstić information content (AvgIpc) is 3.22. The Morgan fingerprint density at radius 2 is 1.82 bits per heavy atom. The van der Waals surface area contributed by atoms with E-state index in [0.717, 1.165) is 57.2 Å². The number of halogens is 1. The van der Waals surface area contributed by atoms with Crippen LogP contribution >= 0.6 is 0 Å². The molecule has 0 bridgehead atoms. The lowest BCUT2D eigenvalue weighted by Gasteiger charge is -2.18. The Bertz CT molecular complexity index is 1420. The SMILES string of the molecule is CC/C(=C(/c1ccc(/C=C/C(=O)O)cc1)c1ccc2n[nH]c(F)c2c1)c1ccc(OC)cc1C. The zero-order valence-corrected chi connectivity index (χ0v) is 19.2. The highest BCUT2D eigenvalue weighted by Gasteiger charge is 2.17. The molecule has 0 unspecified atom stereocenters. The smallest absolute Gasteiger partial charge is 0.328 e. The molecule has 0 radical (unpaired) electrons. The summed E-state index contributed by atoms with van der Waals surface area (Å²) in [5.74, 6) is -0.679. The van der Waals surface area contributed by atoms with Crippen LogP contribution in [0.4, 0.5) is 4.39 Å². The fraction of sp³-hybridized carbons (Fsp3) is 0.143. The van der Waals surface area contributed by atoms with Gasteiger partial charge in [-0.25, -0.2) is 4.79 Å². The van der Waals surface area contributed by atoms with Gasteiger partial charge in [0.25, 0.3) is 0 Å². The lowest BCUT2D eigenvalue weighted by Crippen LogP contribution is -1.98. The first kappa shape index (κ1) is 23.0. The topological polar surface area (TPSA) is 75.2 Å². The number of aryl methyl sites for hydroxylation is 1. The number of hydrogen-bond donors (Lipinski definition) is 2. The van der Waals surface area contributed by atoms with Crippen LogP contribution in [0, 0.1) is 12.9 Å². The third-order valence-corrected chi connectivity index (χ3v) is 5.83. The third kappa shape index (κ3) is 4.62. The highest BCUT2D eigenvalue weighted by Crippen LogP contribution is 2.37. The number of aromatic amines is 1. The number of carboxylic acids is 1. The third-order valence-electron chi connectivity index (χ3n) is 5.83. The fourth-order valence-corrected chi connectivity index (χ4v) is 4.18. The first-order chi connectivity index (χ1) is 16.4. The van der Waals surface area contributed by atoms with E-state index >= 15 is 0 Å². The van der Waals surface area contributed by atoms with Crippen molar-refractivity contribution in [3.63, 3.8) is 0 Å². The standard InChI is InChI=1S/C28H25FN2O3/c1-4-22(23-12-11-21(34-3)15-17(23)2)27(19-8-5-18(6-9-19)7-14-26(32)33)20-10-13-25-24(16-20)28(29)31-30-25/h5-16H,4H2,1-3H3,(H,30,31)(H,32,33)/b14-7+,27-22+. The second-order valence-corrected chi connectivity index (χ2v) is 7.95. The van der Waals surface area contributed by atoms with Gasteiger partial charge in [0.2, 0.25) is 5.95 Å². The van der Waals surface area contributed by atoms with Gasteiger partial charge >= 0.3 is 5.97 Å². The highest BCUT2D eigenvalue weighted by atomic mass is 19.1. The largest absolute Gasteiger partial charge is 0.497 e. The predicted molar refractivity (Wildman–Crippen MR) is 133 cm³/mol. The van der Waals surface area contributed by atoms with Gasteiger partial charge in [-0.15, -0.1) is 0 Å². The van der Waals surface area contributed by atoms with Crippen LogP contribution in [0.2, 0.25) is 0 Å². The van der Waals surface area contributed by atoms with Crippen LogP contribution in [0.1, 0.15) is 41.2 Å². The van der Waals surface area contributed by atoms with Gasteiger partial charge in [0, 0.05) is 6.08 Å². The first-order valence-electron chi connectivity index (χ1n) is 10.9. The maximum absolute atomic E-state index is 14.3. The molecule has 1 aromatic heterocycles. The molecule has 0 fully saturated rings. The molecule has 4 aromatic rings. The summed E-state index contributed by atoms with van der Waals surface area (Å²) in [5, 5.41) is 15.8. The molecule has 172 valence electrons. The lowest BCUT2D eigenvalue weighted by atomic mass is 9.86. The molecule has 0 saturated heterocycles. The van der Waals surface area contributed by atoms with Crippen molar-refractivity contribution < 1.29 is 19.0 Å². The molecule has 0 saturated carbocycles. The monoisotopic (exact) mass is 456 g/mol. The molecule has 2 N–H and O–H groups in total. The van der Waals surface area contributed by atoms with E-state index in [1.165, 1.54) is 0 Å². The summed E-state index contributed by atoms with van der Waals surface area (Å²) in [4.78, 5) is 10.9. The second-order valence-electron chi connectivity index (χ2n) is 7.95. The fourth-order valence-electron chi connectivity index (χ4n) is 4.18. The van der Waals surface area contributed by atoms with Crippen molar-refractivity contribution in [2.45, 2.75) is 20.3 Å². The van der Waals surface area contributed by atoms with Gasteiger partial charge < -0.3 is 9.84 Å². The van der Waals surface area contributed by atoms with Crippen molar-refractivity contribution in [3.8, 4) is 5.75 Å². The normalized spacial score (nSPS) is 12.2. The summed E-state index contributed by atoms with van der Waals surface area (Å²) in [7, 11) is 1.64. The number of aromatic nitrogens is 2. The number of carboxylic acid groups (broad SMARTS) is 1. The number of allylic oxidation sites excluding steroid dienone is 1. The van der Waals surface area contributed by atoms with Crippen molar-refractivity contribution >= 4 is 34.1 Å². The number of hydrogen-bond acceptors (Lipinski definition) is 3. The maximum atomic E-state index is 14.3. The van der Waals surface area contributed by atoms with Crippen LogP contribution in [0.15, 0.2) is 66.7 Å². The van der Waals surface area contributed by atoms with Gasteiger partial charge in [0.05, 0.1) is 18.0 Å². The minimum atomic E-state index is -0.997. The van der Waals surface area contributed by atoms with Crippen LogP contribution in [0.5, 0.6) is 5.75 Å². The van der Waals surface area contributed by atoms with E-state index < -0.39 is 11.9 Å². The number of H-pyrrole nitrogens is 1. The molecular formula is C28H25FN2O3. The van der Waals surface area contributed by atoms with Crippen LogP contribution in [0.3, 0.4) is 0 Å². The van der Waals surface area contributed by atoms with E-state index in [-0.39, 0.29) is 0 Å². The van der Waals surface area contributed by atoms with Crippen LogP contribution in [-0.4, -0.2) is 28.4 Å². The van der Waals surface area contributed by atoms with Gasteiger partial charge in [-0.3, -0.25) is 5.10 Å². The second kappa shape index (κ2) is 9.75. The molecule has 0 aliphatic rings. The lowest BCUT2D eigenvalue weighted by molar-refractivity contribution is -0.131. The Kier molecular flexibility index (Phi) is 6.59. The molecule has 3 aromatic carbocycles. The minimum Gasteiger partial charge on any atom is -0.497 e. The van der Waals surface area contributed by atoms with E-state index in [1.807, 2.05) is 67.6 Å². The summed E-state index contributed by atoms with van der Waals surface area (Å²) >= 11 is 0. The van der Waals surface area contributed by atoms with Crippen molar-refractivity contribution in [2.24, 2.45) is 0 Å². The molecule has 1 heterocycles. The number of nitrogens with zero attached hydrogens (tertiary/aromatic N) is 1. The number of fused-ring (bicyclic) bond motifs is 1. The number of benzene rings is 3. The molecule has 0 aliphatic carbocycles. The van der Waals surface area contributed by atoms with Gasteiger partial charge in [0.15, 0.2) is 0 Å². The Hall–Kier alpha value is -4.19. The number of nitrogens with one attached hydrogen (secondary N) is 1. The number of carbonyl (C=O) groups is 1. The van der Waals surface area contributed by atoms with E-state index in [9.17, 15) is 9.18 Å². The van der Waals surface area contributed by atoms with Gasteiger partial charge in [-0.1, -0.05) is 43.3 Å². The van der Waals surface area contributed by atoms with E-state index in [2.05, 4.69) is 17.1 Å². The van der Waals surface area contributed by atoms with Crippen molar-refractivity contribution in [1.29, 1.82) is 0 Å². The minimum absolute atomic E-state index is 0.429. The maximum Gasteiger partial charge on any atom is 0.328 e. The molecule has 5 nitrogen and oxygen atoms in total. The predicted octanol–water partition coefficient (Wildman–Crippen LogP) is 6.49. The van der Waals surface area contributed by atoms with Crippen molar-refractivity contribution in [1.82, 2.24) is 10.2 Å². The molecule has 0 spiro atoms. The summed E-state index contributed by atoms with van der Waals surface area (Å²) in [6.45, 7) is 4.14. The van der Waals surface area contributed by atoms with E-state index in [0.29, 0.717) is 10.9 Å². The summed E-state index contributed by atoms with van der Waals surface area (Å²) in [6, 6.07) is 19.2. The average molecular weight is 457 g/mol. The van der Waals surface area contributed by atoms with Crippen molar-refractivity contribution in [2.75, 3.05) is 7.11 Å².